The van der Waals surface area contributed by atoms with Gasteiger partial charge in [-0.2, -0.15) is 12.7 Å². The smallest absolute Gasteiger partial charge is 0.295 e. The fourth-order valence-electron chi connectivity index (χ4n) is 3.46. The minimum Gasteiger partial charge on any atom is -0.295 e. The Morgan fingerprint density at radius 1 is 1.22 bits per heavy atom. The molecular weight excluding hydrogens is 461 g/mol. The standard InChI is InChI=1S/C21H21ClFN3O5S/c1-12-4-7-16(18(22)8-12)20-17(13(2)27)11-26(32(30,31)25(20)3)10-15-6-5-14(9-19(15)23)21(28)24-29/h4-9,11,20,29H,10H2,1-3H3,(H,24,28). The Labute approximate surface area is 190 Å². The highest BCUT2D eigenvalue weighted by Crippen LogP contribution is 2.39. The lowest BCUT2D eigenvalue weighted by molar-refractivity contribution is -0.114. The molecule has 8 nitrogen and oxygen atoms in total. The quantitative estimate of drug-likeness (QED) is 0.504. The van der Waals surface area contributed by atoms with Gasteiger partial charge in [0.1, 0.15) is 5.82 Å². The fourth-order valence-corrected chi connectivity index (χ4v) is 5.18. The molecular formula is C21H21ClFN3O5S. The normalized spacial score (nSPS) is 18.2. The van der Waals surface area contributed by atoms with Gasteiger partial charge in [0.05, 0.1) is 12.6 Å². The molecule has 0 saturated carbocycles. The first-order valence-corrected chi connectivity index (χ1v) is 11.2. The van der Waals surface area contributed by atoms with Gasteiger partial charge in [0.25, 0.3) is 5.91 Å². The van der Waals surface area contributed by atoms with Crippen LogP contribution in [-0.2, 0) is 21.5 Å². The summed E-state index contributed by atoms with van der Waals surface area (Å²) in [7, 11) is -2.82. The van der Waals surface area contributed by atoms with Crippen molar-refractivity contribution in [2.45, 2.75) is 26.4 Å². The summed E-state index contributed by atoms with van der Waals surface area (Å²) in [4.78, 5) is 23.9. The summed E-state index contributed by atoms with van der Waals surface area (Å²) >= 11 is 6.36. The van der Waals surface area contributed by atoms with Crippen molar-refractivity contribution in [1.29, 1.82) is 0 Å². The van der Waals surface area contributed by atoms with Gasteiger partial charge in [-0.3, -0.25) is 19.1 Å². The van der Waals surface area contributed by atoms with Gasteiger partial charge in [0.15, 0.2) is 5.78 Å². The van der Waals surface area contributed by atoms with E-state index in [2.05, 4.69) is 0 Å². The highest BCUT2D eigenvalue weighted by molar-refractivity contribution is 7.86. The largest absolute Gasteiger partial charge is 0.304 e. The highest BCUT2D eigenvalue weighted by atomic mass is 35.5. The lowest BCUT2D eigenvalue weighted by Gasteiger charge is -2.38. The predicted molar refractivity (Wildman–Crippen MR) is 116 cm³/mol. The molecule has 0 spiro atoms. The molecule has 1 aliphatic rings. The van der Waals surface area contributed by atoms with Gasteiger partial charge in [-0.15, -0.1) is 0 Å². The molecule has 0 bridgehead atoms. The van der Waals surface area contributed by atoms with Gasteiger partial charge >= 0.3 is 10.2 Å². The number of nitrogens with one attached hydrogen (secondary N) is 1. The lowest BCUT2D eigenvalue weighted by Crippen LogP contribution is -2.46. The van der Waals surface area contributed by atoms with E-state index >= 15 is 0 Å². The van der Waals surface area contributed by atoms with Gasteiger partial charge in [-0.1, -0.05) is 29.8 Å². The van der Waals surface area contributed by atoms with Crippen LogP contribution in [0.4, 0.5) is 4.39 Å². The van der Waals surface area contributed by atoms with Crippen molar-refractivity contribution >= 4 is 33.5 Å². The Kier molecular flexibility index (Phi) is 6.70. The van der Waals surface area contributed by atoms with Crippen LogP contribution in [0.5, 0.6) is 0 Å². The number of rotatable bonds is 5. The van der Waals surface area contributed by atoms with E-state index in [9.17, 15) is 22.4 Å². The van der Waals surface area contributed by atoms with Crippen LogP contribution >= 0.6 is 11.6 Å². The maximum Gasteiger partial charge on any atom is 0.304 e. The monoisotopic (exact) mass is 481 g/mol. The summed E-state index contributed by atoms with van der Waals surface area (Å²) in [5.74, 6) is -2.11. The maximum atomic E-state index is 14.5. The molecule has 0 saturated heterocycles. The van der Waals surface area contributed by atoms with E-state index in [4.69, 9.17) is 16.8 Å². The minimum absolute atomic E-state index is 0.0255. The third kappa shape index (κ3) is 4.40. The zero-order valence-corrected chi connectivity index (χ0v) is 19.0. The molecule has 2 N–H and O–H groups in total. The second kappa shape index (κ2) is 8.99. The van der Waals surface area contributed by atoms with E-state index < -0.39 is 34.5 Å². The Bertz CT molecular complexity index is 1230. The molecule has 1 amide bonds. The van der Waals surface area contributed by atoms with Crippen LogP contribution in [-0.4, -0.2) is 41.0 Å². The highest BCUT2D eigenvalue weighted by Gasteiger charge is 2.41. The molecule has 2 aromatic carbocycles. The van der Waals surface area contributed by atoms with E-state index in [1.807, 2.05) is 6.92 Å². The number of ketones is 1. The van der Waals surface area contributed by atoms with Crippen LogP contribution < -0.4 is 5.48 Å². The van der Waals surface area contributed by atoms with Gasteiger partial charge in [0, 0.05) is 35.0 Å². The van der Waals surface area contributed by atoms with Gasteiger partial charge < -0.3 is 0 Å². The molecule has 11 heteroatoms. The zero-order chi connectivity index (χ0) is 23.8. The number of benzene rings is 2. The van der Waals surface area contributed by atoms with Crippen molar-refractivity contribution < 1.29 is 27.6 Å². The van der Waals surface area contributed by atoms with Crippen LogP contribution in [0.2, 0.25) is 5.02 Å². The number of hydroxylamine groups is 1. The number of aryl methyl sites for hydroxylation is 1. The molecule has 1 aliphatic heterocycles. The van der Waals surface area contributed by atoms with Crippen molar-refractivity contribution in [3.63, 3.8) is 0 Å². The number of carbonyl (C=O) groups is 2. The van der Waals surface area contributed by atoms with Gasteiger partial charge in [-0.25, -0.2) is 9.87 Å². The molecule has 32 heavy (non-hydrogen) atoms. The van der Waals surface area contributed by atoms with E-state index in [0.717, 1.165) is 20.2 Å². The molecule has 0 aromatic heterocycles. The Morgan fingerprint density at radius 2 is 1.91 bits per heavy atom. The lowest BCUT2D eigenvalue weighted by atomic mass is 9.95. The summed E-state index contributed by atoms with van der Waals surface area (Å²) in [5.41, 5.74) is 2.74. The van der Waals surface area contributed by atoms with E-state index in [1.54, 1.807) is 18.2 Å². The molecule has 1 heterocycles. The van der Waals surface area contributed by atoms with Crippen molar-refractivity contribution in [2.24, 2.45) is 0 Å². The van der Waals surface area contributed by atoms with Crippen LogP contribution in [0, 0.1) is 12.7 Å². The van der Waals surface area contributed by atoms with Crippen LogP contribution in [0.15, 0.2) is 48.2 Å². The number of carbonyl (C=O) groups excluding carboxylic acids is 2. The minimum atomic E-state index is -4.15. The Balaban J connectivity index is 2.06. The van der Waals surface area contributed by atoms with Crippen molar-refractivity contribution in [2.75, 3.05) is 7.05 Å². The number of nitrogens with zero attached hydrogens (tertiary/aromatic N) is 2. The van der Waals surface area contributed by atoms with Crippen molar-refractivity contribution in [3.05, 3.63) is 81.3 Å². The molecule has 170 valence electrons. The second-order valence-corrected chi connectivity index (χ2v) is 9.73. The summed E-state index contributed by atoms with van der Waals surface area (Å²) in [6, 6.07) is 7.54. The number of hydrogen-bond donors (Lipinski definition) is 2. The average Bonchev–Trinajstić information content (AvgIpc) is 2.72. The van der Waals surface area contributed by atoms with Crippen LogP contribution in [0.1, 0.15) is 40.0 Å². The van der Waals surface area contributed by atoms with Crippen LogP contribution in [0.25, 0.3) is 0 Å². The van der Waals surface area contributed by atoms with Crippen LogP contribution in [0.3, 0.4) is 0 Å². The summed E-state index contributed by atoms with van der Waals surface area (Å²) < 4.78 is 42.9. The van der Waals surface area contributed by atoms with Gasteiger partial charge in [-0.05, 0) is 43.2 Å². The third-order valence-corrected chi connectivity index (χ3v) is 7.29. The SMILES string of the molecule is CC(=O)C1=CN(Cc2ccc(C(=O)NO)cc2F)S(=O)(=O)N(C)C1c1ccc(C)cc1Cl. The van der Waals surface area contributed by atoms with Crippen molar-refractivity contribution in [1.82, 2.24) is 14.1 Å². The summed E-state index contributed by atoms with van der Waals surface area (Å²) in [5, 5.41) is 9.00. The number of hydrogen-bond acceptors (Lipinski definition) is 5. The Morgan fingerprint density at radius 3 is 2.47 bits per heavy atom. The fraction of sp³-hybridized carbons (Fsp3) is 0.238. The summed E-state index contributed by atoms with van der Waals surface area (Å²) in [6.45, 7) is 2.74. The predicted octanol–water partition coefficient (Wildman–Crippen LogP) is 3.11. The summed E-state index contributed by atoms with van der Waals surface area (Å²) in [6.07, 6.45) is 1.19. The topological polar surface area (TPSA) is 107 Å². The number of Topliss-reactive ketones (excluding diaryl/α,β-unsaturated/α-hetero) is 1. The molecule has 0 radical (unpaired) electrons. The van der Waals surface area contributed by atoms with Gasteiger partial charge in [0.2, 0.25) is 0 Å². The van der Waals surface area contributed by atoms with Crippen molar-refractivity contribution in [3.8, 4) is 0 Å². The van der Waals surface area contributed by atoms with E-state index in [1.165, 1.54) is 37.8 Å². The maximum absolute atomic E-state index is 14.5. The number of amides is 1. The Hall–Kier alpha value is -2.79. The molecule has 0 fully saturated rings. The average molecular weight is 482 g/mol. The molecule has 0 aliphatic carbocycles. The molecule has 2 aromatic rings. The third-order valence-electron chi connectivity index (χ3n) is 5.20. The zero-order valence-electron chi connectivity index (χ0n) is 17.5. The number of halogens is 2. The molecule has 1 atom stereocenters. The number of likely N-dealkylation sites (N-methyl/N-ethyl adjacent to an activating group) is 1. The molecule has 1 unspecified atom stereocenters. The molecule has 3 rings (SSSR count). The van der Waals surface area contributed by atoms with E-state index in [0.29, 0.717) is 10.6 Å². The first kappa shape index (κ1) is 23.9. The first-order valence-electron chi connectivity index (χ1n) is 9.43. The van der Waals surface area contributed by atoms with E-state index in [-0.39, 0.29) is 22.5 Å². The first-order chi connectivity index (χ1) is 15.0. The second-order valence-electron chi connectivity index (χ2n) is 7.38.